The minimum absolute atomic E-state index is 0.0458. The molecule has 156 valence electrons. The Morgan fingerprint density at radius 1 is 1.21 bits per heavy atom. The number of benzene rings is 1. The fraction of sp³-hybridized carbons (Fsp3) is 0.333. The number of nitrogens with one attached hydrogen (secondary N) is 4. The summed E-state index contributed by atoms with van der Waals surface area (Å²) in [5.74, 6) is 0.0557. The van der Waals surface area contributed by atoms with Gasteiger partial charge in [0.25, 0.3) is 5.91 Å². The van der Waals surface area contributed by atoms with Gasteiger partial charge < -0.3 is 9.73 Å². The van der Waals surface area contributed by atoms with Crippen LogP contribution in [0.4, 0.5) is 17.6 Å². The van der Waals surface area contributed by atoms with E-state index in [9.17, 15) is 22.4 Å². The van der Waals surface area contributed by atoms with Crippen molar-refractivity contribution >= 4 is 11.9 Å². The van der Waals surface area contributed by atoms with Crippen molar-refractivity contribution < 1.29 is 26.8 Å². The molecular formula is C18H19F4N5O2. The van der Waals surface area contributed by atoms with E-state index in [1.807, 2.05) is 0 Å². The fourth-order valence-corrected chi connectivity index (χ4v) is 2.66. The number of halogens is 4. The molecule has 2 heterocycles. The lowest BCUT2D eigenvalue weighted by atomic mass is 10.2. The monoisotopic (exact) mass is 413 g/mol. The Bertz CT molecular complexity index is 879. The molecule has 2 unspecified atom stereocenters. The number of guanidine groups is 1. The Hall–Kier alpha value is -2.92. The molecule has 2 atom stereocenters. The molecule has 1 aliphatic heterocycles. The number of alkyl halides is 3. The second-order valence-corrected chi connectivity index (χ2v) is 6.45. The van der Waals surface area contributed by atoms with Crippen molar-refractivity contribution in [3.63, 3.8) is 0 Å². The summed E-state index contributed by atoms with van der Waals surface area (Å²) >= 11 is 0. The molecule has 0 bridgehead atoms. The molecule has 0 radical (unpaired) electrons. The highest BCUT2D eigenvalue weighted by atomic mass is 19.4. The third kappa shape index (κ3) is 5.78. The summed E-state index contributed by atoms with van der Waals surface area (Å²) in [6.07, 6.45) is -5.55. The molecule has 7 nitrogen and oxygen atoms in total. The first-order valence-corrected chi connectivity index (χ1v) is 8.71. The predicted molar refractivity (Wildman–Crippen MR) is 96.1 cm³/mol. The molecule has 1 aliphatic rings. The molecule has 29 heavy (non-hydrogen) atoms. The van der Waals surface area contributed by atoms with Crippen molar-refractivity contribution in [1.29, 1.82) is 0 Å². The average Bonchev–Trinajstić information content (AvgIpc) is 3.29. The van der Waals surface area contributed by atoms with Crippen LogP contribution >= 0.6 is 0 Å². The van der Waals surface area contributed by atoms with E-state index >= 15 is 0 Å². The number of hydrogen-bond acceptors (Lipinski definition) is 5. The summed E-state index contributed by atoms with van der Waals surface area (Å²) < 4.78 is 56.9. The lowest BCUT2D eigenvalue weighted by molar-refractivity contribution is -0.153. The number of nitrogens with zero attached hydrogens (tertiary/aromatic N) is 1. The van der Waals surface area contributed by atoms with Gasteiger partial charge in [0.15, 0.2) is 5.96 Å². The van der Waals surface area contributed by atoms with E-state index in [0.29, 0.717) is 11.5 Å². The molecule has 1 aromatic carbocycles. The topological polar surface area (TPSA) is 90.7 Å². The molecule has 11 heteroatoms. The van der Waals surface area contributed by atoms with E-state index in [2.05, 4.69) is 26.5 Å². The second-order valence-electron chi connectivity index (χ2n) is 6.45. The number of carbonyl (C=O) groups excluding carboxylic acids is 1. The van der Waals surface area contributed by atoms with E-state index in [1.54, 1.807) is 19.1 Å². The van der Waals surface area contributed by atoms with Crippen LogP contribution in [0.15, 0.2) is 45.8 Å². The van der Waals surface area contributed by atoms with E-state index in [1.165, 1.54) is 12.1 Å². The Balaban J connectivity index is 1.71. The third-order valence-electron chi connectivity index (χ3n) is 4.14. The summed E-state index contributed by atoms with van der Waals surface area (Å²) in [4.78, 5) is 16.6. The molecule has 4 N–H and O–H groups in total. The van der Waals surface area contributed by atoms with Gasteiger partial charge in [0.1, 0.15) is 29.9 Å². The van der Waals surface area contributed by atoms with Crippen molar-refractivity contribution in [3.8, 4) is 0 Å². The van der Waals surface area contributed by atoms with Crippen LogP contribution in [0, 0.1) is 12.7 Å². The summed E-state index contributed by atoms with van der Waals surface area (Å²) in [5, 5.41) is 5.23. The van der Waals surface area contributed by atoms with E-state index < -0.39 is 30.1 Å². The summed E-state index contributed by atoms with van der Waals surface area (Å²) in [6, 6.07) is 6.53. The van der Waals surface area contributed by atoms with Gasteiger partial charge >= 0.3 is 6.18 Å². The molecule has 3 rings (SSSR count). The second kappa shape index (κ2) is 8.62. The van der Waals surface area contributed by atoms with Gasteiger partial charge in [0.2, 0.25) is 0 Å². The molecule has 1 aromatic heterocycles. The van der Waals surface area contributed by atoms with E-state index in [-0.39, 0.29) is 24.5 Å². The number of amides is 1. The molecule has 0 aliphatic carbocycles. The van der Waals surface area contributed by atoms with Gasteiger partial charge in [-0.15, -0.1) is 0 Å². The zero-order chi connectivity index (χ0) is 21.0. The molecule has 0 saturated carbocycles. The van der Waals surface area contributed by atoms with E-state index in [0.717, 1.165) is 12.1 Å². The zero-order valence-corrected chi connectivity index (χ0v) is 15.3. The highest BCUT2D eigenvalue weighted by Gasteiger charge is 2.44. The Morgan fingerprint density at radius 3 is 2.52 bits per heavy atom. The van der Waals surface area contributed by atoms with Crippen molar-refractivity contribution in [1.82, 2.24) is 21.5 Å². The smallest absolute Gasteiger partial charge is 0.405 e. The van der Waals surface area contributed by atoms with Gasteiger partial charge in [0.05, 0.1) is 6.17 Å². The third-order valence-corrected chi connectivity index (χ3v) is 4.14. The summed E-state index contributed by atoms with van der Waals surface area (Å²) in [7, 11) is 0. The number of aryl methyl sites for hydroxylation is 1. The van der Waals surface area contributed by atoms with Gasteiger partial charge in [-0.3, -0.25) is 10.1 Å². The van der Waals surface area contributed by atoms with Crippen LogP contribution in [0.25, 0.3) is 0 Å². The fourth-order valence-electron chi connectivity index (χ4n) is 2.66. The quantitative estimate of drug-likeness (QED) is 0.351. The highest BCUT2D eigenvalue weighted by Crippen LogP contribution is 2.25. The molecular weight excluding hydrogens is 394 g/mol. The number of hydrogen-bond donors (Lipinski definition) is 4. The largest absolute Gasteiger partial charge is 0.464 e. The van der Waals surface area contributed by atoms with Crippen LogP contribution < -0.4 is 21.5 Å². The van der Waals surface area contributed by atoms with Gasteiger partial charge in [-0.1, -0.05) is 0 Å². The van der Waals surface area contributed by atoms with Crippen molar-refractivity contribution in [2.24, 2.45) is 4.99 Å². The molecule has 1 amide bonds. The Morgan fingerprint density at radius 2 is 1.93 bits per heavy atom. The summed E-state index contributed by atoms with van der Waals surface area (Å²) in [5.41, 5.74) is 4.80. The standard InChI is InChI=1S/C18H19F4N5O2/c1-10-2-7-13(29-10)9-23-17(24-15-8-14(26-27-15)18(20,21)22)25-16(28)11-3-5-12(19)6-4-11/h2-7,14-15,26-27H,8-9H2,1H3,(H2,23,24,25,28). The first-order chi connectivity index (χ1) is 13.7. The van der Waals surface area contributed by atoms with Crippen molar-refractivity contribution in [2.45, 2.75) is 38.3 Å². The minimum atomic E-state index is -4.41. The summed E-state index contributed by atoms with van der Waals surface area (Å²) in [6.45, 7) is 1.82. The Labute approximate surface area is 163 Å². The van der Waals surface area contributed by atoms with Gasteiger partial charge in [-0.05, 0) is 43.3 Å². The molecule has 1 saturated heterocycles. The van der Waals surface area contributed by atoms with Crippen LogP contribution in [0.1, 0.15) is 28.3 Å². The number of hydrazine groups is 1. The Kier molecular flexibility index (Phi) is 6.18. The predicted octanol–water partition coefficient (Wildman–Crippen LogP) is 2.36. The van der Waals surface area contributed by atoms with Gasteiger partial charge in [-0.25, -0.2) is 20.2 Å². The van der Waals surface area contributed by atoms with Crippen LogP contribution in [0.5, 0.6) is 0 Å². The first-order valence-electron chi connectivity index (χ1n) is 8.71. The maximum atomic E-state index is 13.0. The van der Waals surface area contributed by atoms with Crippen LogP contribution in [0.2, 0.25) is 0 Å². The molecule has 0 spiro atoms. The van der Waals surface area contributed by atoms with Crippen molar-refractivity contribution in [2.75, 3.05) is 0 Å². The maximum Gasteiger partial charge on any atom is 0.405 e. The van der Waals surface area contributed by atoms with Crippen molar-refractivity contribution in [3.05, 3.63) is 59.3 Å². The van der Waals surface area contributed by atoms with Crippen LogP contribution in [-0.4, -0.2) is 30.3 Å². The molecule has 2 aromatic rings. The minimum Gasteiger partial charge on any atom is -0.464 e. The number of furan rings is 1. The highest BCUT2D eigenvalue weighted by molar-refractivity contribution is 6.05. The SMILES string of the molecule is Cc1ccc(CN=C(NC(=O)c2ccc(F)cc2)NC2CC(C(F)(F)F)NN2)o1. The van der Waals surface area contributed by atoms with E-state index in [4.69, 9.17) is 4.42 Å². The molecule has 1 fully saturated rings. The lowest BCUT2D eigenvalue weighted by Gasteiger charge is -2.17. The van der Waals surface area contributed by atoms with Gasteiger partial charge in [0, 0.05) is 12.0 Å². The number of carbonyl (C=O) groups is 1. The zero-order valence-electron chi connectivity index (χ0n) is 15.3. The number of aliphatic imine (C=N–C) groups is 1. The van der Waals surface area contributed by atoms with Crippen LogP contribution in [0.3, 0.4) is 0 Å². The van der Waals surface area contributed by atoms with Crippen LogP contribution in [-0.2, 0) is 6.54 Å². The first kappa shape index (κ1) is 20.8. The maximum absolute atomic E-state index is 13.0. The number of rotatable bonds is 4. The average molecular weight is 413 g/mol. The van der Waals surface area contributed by atoms with Gasteiger partial charge in [-0.2, -0.15) is 13.2 Å². The lowest BCUT2D eigenvalue weighted by Crippen LogP contribution is -2.50. The normalized spacial score (nSPS) is 20.0.